The zero-order valence-electron chi connectivity index (χ0n) is 12.2. The molecule has 2 aromatic rings. The molecule has 6 heteroatoms. The van der Waals surface area contributed by atoms with Crippen LogP contribution in [0.3, 0.4) is 0 Å². The summed E-state index contributed by atoms with van der Waals surface area (Å²) in [5.41, 5.74) is 0.847. The van der Waals surface area contributed by atoms with Crippen LogP contribution in [0.4, 0.5) is 0 Å². The standard InChI is InChI=1S/C16H18Cl2N2O2/c17-13-8-4-7-12(15(13)18)9-14-19-22-16(21)20(14)10-11-5-2-1-3-6-11/h4,7-8,11H,1-3,5-6,9-10H2. The molecule has 1 aromatic carbocycles. The van der Waals surface area contributed by atoms with Crippen molar-refractivity contribution in [2.24, 2.45) is 5.92 Å². The smallest absolute Gasteiger partial charge is 0.296 e. The van der Waals surface area contributed by atoms with Crippen LogP contribution in [0.5, 0.6) is 0 Å². The Hall–Kier alpha value is -1.26. The molecule has 0 atom stereocenters. The lowest BCUT2D eigenvalue weighted by Gasteiger charge is -2.21. The van der Waals surface area contributed by atoms with Crippen molar-refractivity contribution in [1.82, 2.24) is 9.72 Å². The number of halogens is 2. The summed E-state index contributed by atoms with van der Waals surface area (Å²) in [4.78, 5) is 11.9. The maximum Gasteiger partial charge on any atom is 0.441 e. The minimum atomic E-state index is -0.390. The molecule has 1 fully saturated rings. The van der Waals surface area contributed by atoms with E-state index in [1.54, 1.807) is 10.6 Å². The van der Waals surface area contributed by atoms with Gasteiger partial charge in [0, 0.05) is 13.0 Å². The van der Waals surface area contributed by atoms with Crippen LogP contribution in [0.2, 0.25) is 10.0 Å². The van der Waals surface area contributed by atoms with Crippen molar-refractivity contribution < 1.29 is 4.52 Å². The first-order valence-electron chi connectivity index (χ1n) is 7.63. The van der Waals surface area contributed by atoms with Gasteiger partial charge in [0.2, 0.25) is 0 Å². The number of benzene rings is 1. The summed E-state index contributed by atoms with van der Waals surface area (Å²) in [7, 11) is 0. The maximum atomic E-state index is 11.9. The SMILES string of the molecule is O=c1onc(Cc2cccc(Cl)c2Cl)n1CC1CCCCC1. The van der Waals surface area contributed by atoms with Crippen LogP contribution < -0.4 is 5.76 Å². The Morgan fingerprint density at radius 1 is 1.23 bits per heavy atom. The second kappa shape index (κ2) is 6.88. The number of rotatable bonds is 4. The van der Waals surface area contributed by atoms with E-state index in [0.29, 0.717) is 34.8 Å². The highest BCUT2D eigenvalue weighted by atomic mass is 35.5. The lowest BCUT2D eigenvalue weighted by atomic mass is 9.89. The van der Waals surface area contributed by atoms with E-state index in [1.165, 1.54) is 19.3 Å². The Bertz CT molecular complexity index is 702. The van der Waals surface area contributed by atoms with E-state index < -0.39 is 5.76 Å². The quantitative estimate of drug-likeness (QED) is 0.832. The molecular formula is C16H18Cl2N2O2. The monoisotopic (exact) mass is 340 g/mol. The van der Waals surface area contributed by atoms with Crippen molar-refractivity contribution in [1.29, 1.82) is 0 Å². The molecule has 3 rings (SSSR count). The summed E-state index contributed by atoms with van der Waals surface area (Å²) < 4.78 is 6.51. The van der Waals surface area contributed by atoms with E-state index in [1.807, 2.05) is 12.1 Å². The molecule has 0 spiro atoms. The largest absolute Gasteiger partial charge is 0.441 e. The molecule has 0 N–H and O–H groups in total. The lowest BCUT2D eigenvalue weighted by molar-refractivity contribution is 0.303. The Morgan fingerprint density at radius 2 is 2.00 bits per heavy atom. The van der Waals surface area contributed by atoms with Crippen molar-refractivity contribution in [3.05, 3.63) is 50.2 Å². The van der Waals surface area contributed by atoms with Crippen LogP contribution in [-0.4, -0.2) is 9.72 Å². The van der Waals surface area contributed by atoms with Crippen LogP contribution >= 0.6 is 23.2 Å². The highest BCUT2D eigenvalue weighted by Crippen LogP contribution is 2.28. The van der Waals surface area contributed by atoms with Gasteiger partial charge in [-0.15, -0.1) is 0 Å². The molecular weight excluding hydrogens is 323 g/mol. The summed E-state index contributed by atoms with van der Waals surface area (Å²) in [5, 5.41) is 4.93. The first-order chi connectivity index (χ1) is 10.6. The van der Waals surface area contributed by atoms with E-state index >= 15 is 0 Å². The van der Waals surface area contributed by atoms with Gasteiger partial charge in [-0.05, 0) is 30.4 Å². The van der Waals surface area contributed by atoms with Crippen molar-refractivity contribution >= 4 is 23.2 Å². The van der Waals surface area contributed by atoms with E-state index in [4.69, 9.17) is 27.7 Å². The fraction of sp³-hybridized carbons (Fsp3) is 0.500. The van der Waals surface area contributed by atoms with E-state index in [2.05, 4.69) is 5.16 Å². The predicted molar refractivity (Wildman–Crippen MR) is 86.6 cm³/mol. The molecule has 1 heterocycles. The fourth-order valence-electron chi connectivity index (χ4n) is 3.09. The molecule has 0 saturated heterocycles. The summed E-state index contributed by atoms with van der Waals surface area (Å²) in [5.74, 6) is 0.748. The van der Waals surface area contributed by atoms with E-state index in [0.717, 1.165) is 18.4 Å². The number of nitrogens with zero attached hydrogens (tertiary/aromatic N) is 2. The minimum Gasteiger partial charge on any atom is -0.296 e. The van der Waals surface area contributed by atoms with Crippen molar-refractivity contribution in [3.8, 4) is 0 Å². The van der Waals surface area contributed by atoms with Crippen LogP contribution in [0.15, 0.2) is 27.5 Å². The van der Waals surface area contributed by atoms with Gasteiger partial charge in [-0.3, -0.25) is 9.09 Å². The maximum absolute atomic E-state index is 11.9. The van der Waals surface area contributed by atoms with Gasteiger partial charge in [0.1, 0.15) is 0 Å². The van der Waals surface area contributed by atoms with Crippen molar-refractivity contribution in [3.63, 3.8) is 0 Å². The van der Waals surface area contributed by atoms with Crippen molar-refractivity contribution in [2.75, 3.05) is 0 Å². The molecule has 0 radical (unpaired) electrons. The Morgan fingerprint density at radius 3 is 2.77 bits per heavy atom. The van der Waals surface area contributed by atoms with Gasteiger partial charge in [0.25, 0.3) is 0 Å². The summed E-state index contributed by atoms with van der Waals surface area (Å²) in [6, 6.07) is 5.47. The molecule has 0 bridgehead atoms. The average Bonchev–Trinajstić information content (AvgIpc) is 2.86. The lowest BCUT2D eigenvalue weighted by Crippen LogP contribution is -2.23. The number of aromatic nitrogens is 2. The molecule has 0 aliphatic heterocycles. The Labute approximate surface area is 139 Å². The van der Waals surface area contributed by atoms with Crippen LogP contribution in [0.25, 0.3) is 0 Å². The topological polar surface area (TPSA) is 48.0 Å². The van der Waals surface area contributed by atoms with Gasteiger partial charge in [-0.1, -0.05) is 59.8 Å². The Kier molecular flexibility index (Phi) is 4.89. The third kappa shape index (κ3) is 3.39. The van der Waals surface area contributed by atoms with Gasteiger partial charge in [-0.2, -0.15) is 0 Å². The first-order valence-corrected chi connectivity index (χ1v) is 8.39. The fourth-order valence-corrected chi connectivity index (χ4v) is 3.47. The number of hydrogen-bond acceptors (Lipinski definition) is 3. The Balaban J connectivity index is 1.82. The first kappa shape index (κ1) is 15.6. The van der Waals surface area contributed by atoms with Gasteiger partial charge in [0.05, 0.1) is 10.0 Å². The molecule has 1 saturated carbocycles. The molecule has 1 aromatic heterocycles. The van der Waals surface area contributed by atoms with E-state index in [-0.39, 0.29) is 0 Å². The average molecular weight is 341 g/mol. The zero-order valence-corrected chi connectivity index (χ0v) is 13.7. The summed E-state index contributed by atoms with van der Waals surface area (Å²) in [6.07, 6.45) is 6.53. The molecule has 22 heavy (non-hydrogen) atoms. The second-order valence-electron chi connectivity index (χ2n) is 5.87. The zero-order chi connectivity index (χ0) is 15.5. The molecule has 0 amide bonds. The summed E-state index contributed by atoms with van der Waals surface area (Å²) in [6.45, 7) is 0.676. The third-order valence-corrected chi connectivity index (χ3v) is 5.16. The molecule has 1 aliphatic carbocycles. The van der Waals surface area contributed by atoms with E-state index in [9.17, 15) is 4.79 Å². The van der Waals surface area contributed by atoms with Gasteiger partial charge in [0.15, 0.2) is 5.82 Å². The van der Waals surface area contributed by atoms with Crippen LogP contribution in [-0.2, 0) is 13.0 Å². The predicted octanol–water partition coefficient (Wildman–Crippen LogP) is 4.31. The third-order valence-electron chi connectivity index (χ3n) is 4.31. The van der Waals surface area contributed by atoms with Crippen molar-refractivity contribution in [2.45, 2.75) is 45.1 Å². The second-order valence-corrected chi connectivity index (χ2v) is 6.65. The molecule has 118 valence electrons. The number of hydrogen-bond donors (Lipinski definition) is 0. The van der Waals surface area contributed by atoms with Crippen LogP contribution in [0.1, 0.15) is 43.5 Å². The molecule has 1 aliphatic rings. The normalized spacial score (nSPS) is 16.1. The molecule has 0 unspecified atom stereocenters. The highest BCUT2D eigenvalue weighted by molar-refractivity contribution is 6.42. The minimum absolute atomic E-state index is 0.390. The van der Waals surface area contributed by atoms with Gasteiger partial charge < -0.3 is 0 Å². The van der Waals surface area contributed by atoms with Crippen LogP contribution in [0, 0.1) is 5.92 Å². The van der Waals surface area contributed by atoms with Gasteiger partial charge >= 0.3 is 5.76 Å². The highest BCUT2D eigenvalue weighted by Gasteiger charge is 2.19. The molecule has 4 nitrogen and oxygen atoms in total. The summed E-state index contributed by atoms with van der Waals surface area (Å²) >= 11 is 12.3. The van der Waals surface area contributed by atoms with Gasteiger partial charge in [-0.25, -0.2) is 4.79 Å².